The van der Waals surface area contributed by atoms with E-state index < -0.39 is 12.6 Å². The van der Waals surface area contributed by atoms with Crippen LogP contribution in [0.2, 0.25) is 0 Å². The summed E-state index contributed by atoms with van der Waals surface area (Å²) in [6.07, 6.45) is 2.02. The lowest BCUT2D eigenvalue weighted by atomic mass is 9.87. The molecule has 1 aliphatic heterocycles. The van der Waals surface area contributed by atoms with E-state index in [4.69, 9.17) is 9.84 Å². The quantitative estimate of drug-likeness (QED) is 0.683. The fourth-order valence-electron chi connectivity index (χ4n) is 3.26. The summed E-state index contributed by atoms with van der Waals surface area (Å²) < 4.78 is 7.22. The molecule has 3 heterocycles. The van der Waals surface area contributed by atoms with Gasteiger partial charge in [0.15, 0.2) is 6.61 Å². The van der Waals surface area contributed by atoms with Gasteiger partial charge >= 0.3 is 5.97 Å². The number of aliphatic carboxylic acids is 1. The predicted molar refractivity (Wildman–Crippen MR) is 100 cm³/mol. The summed E-state index contributed by atoms with van der Waals surface area (Å²) in [5, 5.41) is 18.3. The van der Waals surface area contributed by atoms with Crippen molar-refractivity contribution in [3.8, 4) is 5.75 Å². The Kier molecular flexibility index (Phi) is 4.64. The Balaban J connectivity index is 1.69. The average Bonchev–Trinajstić information content (AvgIpc) is 3.30. The summed E-state index contributed by atoms with van der Waals surface area (Å²) in [5.74, 6) is -0.241. The van der Waals surface area contributed by atoms with Gasteiger partial charge in [-0.25, -0.2) is 9.48 Å². The van der Waals surface area contributed by atoms with E-state index in [1.807, 2.05) is 29.6 Å². The highest BCUT2D eigenvalue weighted by molar-refractivity contribution is 7.09. The topological polar surface area (TPSA) is 93.4 Å². The van der Waals surface area contributed by atoms with Gasteiger partial charge in [-0.2, -0.15) is 5.10 Å². The second-order valence-corrected chi connectivity index (χ2v) is 7.24. The van der Waals surface area contributed by atoms with Crippen LogP contribution in [0.1, 0.15) is 28.3 Å². The van der Waals surface area contributed by atoms with Crippen molar-refractivity contribution in [3.63, 3.8) is 0 Å². The van der Waals surface area contributed by atoms with Crippen molar-refractivity contribution in [1.82, 2.24) is 9.78 Å². The number of hydrogen-bond donors (Lipinski definition) is 2. The lowest BCUT2D eigenvalue weighted by molar-refractivity contribution is -0.139. The zero-order valence-corrected chi connectivity index (χ0v) is 15.1. The van der Waals surface area contributed by atoms with Crippen LogP contribution in [0, 0.1) is 0 Å². The summed E-state index contributed by atoms with van der Waals surface area (Å²) in [6, 6.07) is 11.2. The van der Waals surface area contributed by atoms with Crippen LogP contribution >= 0.6 is 11.3 Å². The molecule has 0 unspecified atom stereocenters. The standard InChI is InChI=1S/C19H17N3O4S/c23-17-8-14(13-5-1-2-6-16(13)26-11-18(24)25)15-9-20-22(19(15)21-17)10-12-4-3-7-27-12/h1-7,9,14H,8,10-11H2,(H,21,23)(H,24,25)/t14-/m1/s1. The monoisotopic (exact) mass is 383 g/mol. The van der Waals surface area contributed by atoms with E-state index in [-0.39, 0.29) is 18.2 Å². The number of carboxylic acid groups (broad SMARTS) is 1. The highest BCUT2D eigenvalue weighted by atomic mass is 32.1. The smallest absolute Gasteiger partial charge is 0.341 e. The Morgan fingerprint density at radius 1 is 1.30 bits per heavy atom. The molecule has 1 aromatic carbocycles. The van der Waals surface area contributed by atoms with Gasteiger partial charge in [0.2, 0.25) is 5.91 Å². The Bertz CT molecular complexity index is 981. The van der Waals surface area contributed by atoms with E-state index in [0.717, 1.165) is 16.0 Å². The molecule has 0 saturated heterocycles. The van der Waals surface area contributed by atoms with Gasteiger partial charge in [0, 0.05) is 28.3 Å². The molecule has 2 aromatic heterocycles. The number of carboxylic acids is 1. The van der Waals surface area contributed by atoms with Crippen molar-refractivity contribution in [2.45, 2.75) is 18.9 Å². The van der Waals surface area contributed by atoms with Crippen molar-refractivity contribution >= 4 is 29.0 Å². The van der Waals surface area contributed by atoms with E-state index in [0.29, 0.717) is 18.1 Å². The van der Waals surface area contributed by atoms with Crippen LogP contribution < -0.4 is 10.1 Å². The van der Waals surface area contributed by atoms with E-state index in [2.05, 4.69) is 10.4 Å². The average molecular weight is 383 g/mol. The number of nitrogens with zero attached hydrogens (tertiary/aromatic N) is 2. The second kappa shape index (κ2) is 7.24. The molecule has 0 fully saturated rings. The number of amides is 1. The van der Waals surface area contributed by atoms with Crippen molar-refractivity contribution < 1.29 is 19.4 Å². The first-order valence-electron chi connectivity index (χ1n) is 8.43. The molecule has 138 valence electrons. The molecule has 0 aliphatic carbocycles. The third-order valence-corrected chi connectivity index (χ3v) is 5.28. The number of thiophene rings is 1. The second-order valence-electron chi connectivity index (χ2n) is 6.21. The summed E-state index contributed by atoms with van der Waals surface area (Å²) in [4.78, 5) is 24.4. The fraction of sp³-hybridized carbons (Fsp3) is 0.211. The number of aromatic nitrogens is 2. The van der Waals surface area contributed by atoms with Gasteiger partial charge in [-0.3, -0.25) is 4.79 Å². The van der Waals surface area contributed by atoms with E-state index in [9.17, 15) is 9.59 Å². The number of benzene rings is 1. The Morgan fingerprint density at radius 3 is 2.93 bits per heavy atom. The van der Waals surface area contributed by atoms with Crippen molar-refractivity contribution in [3.05, 3.63) is 64.0 Å². The van der Waals surface area contributed by atoms with Crippen LogP contribution in [0.4, 0.5) is 5.82 Å². The maximum atomic E-state index is 12.4. The molecule has 0 bridgehead atoms. The minimum Gasteiger partial charge on any atom is -0.482 e. The van der Waals surface area contributed by atoms with Crippen LogP contribution in [0.5, 0.6) is 5.75 Å². The molecule has 0 radical (unpaired) electrons. The summed E-state index contributed by atoms with van der Waals surface area (Å²) in [6.45, 7) is 0.150. The number of carbonyl (C=O) groups is 2. The van der Waals surface area contributed by atoms with Gasteiger partial charge in [0.25, 0.3) is 0 Å². The largest absolute Gasteiger partial charge is 0.482 e. The third kappa shape index (κ3) is 3.56. The molecular weight excluding hydrogens is 366 g/mol. The predicted octanol–water partition coefficient (Wildman–Crippen LogP) is 2.93. The van der Waals surface area contributed by atoms with Crippen molar-refractivity contribution in [2.75, 3.05) is 11.9 Å². The van der Waals surface area contributed by atoms with Crippen LogP contribution in [-0.4, -0.2) is 33.4 Å². The van der Waals surface area contributed by atoms with Crippen LogP contribution in [0.25, 0.3) is 0 Å². The molecule has 1 atom stereocenters. The normalized spacial score (nSPS) is 15.9. The van der Waals surface area contributed by atoms with Gasteiger partial charge in [-0.05, 0) is 17.5 Å². The lowest BCUT2D eigenvalue weighted by Crippen LogP contribution is -2.25. The molecule has 27 heavy (non-hydrogen) atoms. The molecule has 1 amide bonds. The number of fused-ring (bicyclic) bond motifs is 1. The Morgan fingerprint density at radius 2 is 2.15 bits per heavy atom. The van der Waals surface area contributed by atoms with E-state index in [1.165, 1.54) is 0 Å². The minimum absolute atomic E-state index is 0.103. The zero-order valence-electron chi connectivity index (χ0n) is 14.3. The summed E-state index contributed by atoms with van der Waals surface area (Å²) in [5.41, 5.74) is 1.68. The Hall–Kier alpha value is -3.13. The molecule has 0 spiro atoms. The number of para-hydroxylation sites is 1. The molecule has 7 nitrogen and oxygen atoms in total. The number of hydrogen-bond acceptors (Lipinski definition) is 5. The lowest BCUT2D eigenvalue weighted by Gasteiger charge is -2.25. The summed E-state index contributed by atoms with van der Waals surface area (Å²) >= 11 is 1.63. The van der Waals surface area contributed by atoms with Crippen LogP contribution in [0.3, 0.4) is 0 Å². The van der Waals surface area contributed by atoms with Crippen LogP contribution in [-0.2, 0) is 16.1 Å². The van der Waals surface area contributed by atoms with Crippen molar-refractivity contribution in [2.24, 2.45) is 0 Å². The zero-order chi connectivity index (χ0) is 18.8. The number of ether oxygens (including phenoxy) is 1. The molecule has 3 aromatic rings. The molecular formula is C19H17N3O4S. The van der Waals surface area contributed by atoms with Gasteiger partial charge < -0.3 is 15.2 Å². The first kappa shape index (κ1) is 17.3. The number of carbonyl (C=O) groups excluding carboxylic acids is 1. The number of anilines is 1. The molecule has 1 aliphatic rings. The first-order chi connectivity index (χ1) is 13.1. The highest BCUT2D eigenvalue weighted by Gasteiger charge is 2.31. The van der Waals surface area contributed by atoms with Crippen LogP contribution in [0.15, 0.2) is 48.0 Å². The number of rotatable bonds is 6. The SMILES string of the molecule is O=C(O)COc1ccccc1[C@H]1CC(=O)Nc2c1cnn2Cc1cccs1. The summed E-state index contributed by atoms with van der Waals surface area (Å²) in [7, 11) is 0. The van der Waals surface area contributed by atoms with E-state index >= 15 is 0 Å². The van der Waals surface area contributed by atoms with Gasteiger partial charge in [0.05, 0.1) is 12.7 Å². The number of nitrogens with one attached hydrogen (secondary N) is 1. The maximum absolute atomic E-state index is 12.4. The molecule has 4 rings (SSSR count). The van der Waals surface area contributed by atoms with Crippen molar-refractivity contribution in [1.29, 1.82) is 0 Å². The molecule has 0 saturated carbocycles. The minimum atomic E-state index is -1.05. The fourth-order valence-corrected chi connectivity index (χ4v) is 3.94. The molecule has 8 heteroatoms. The maximum Gasteiger partial charge on any atom is 0.341 e. The highest BCUT2D eigenvalue weighted by Crippen LogP contribution is 2.40. The van der Waals surface area contributed by atoms with Gasteiger partial charge in [0.1, 0.15) is 11.6 Å². The van der Waals surface area contributed by atoms with E-state index in [1.54, 1.807) is 34.3 Å². The first-order valence-corrected chi connectivity index (χ1v) is 9.31. The third-order valence-electron chi connectivity index (χ3n) is 4.42. The Labute approximate surface area is 159 Å². The van der Waals surface area contributed by atoms with Gasteiger partial charge in [-0.1, -0.05) is 24.3 Å². The van der Waals surface area contributed by atoms with Gasteiger partial charge in [-0.15, -0.1) is 11.3 Å². The molecule has 2 N–H and O–H groups in total.